The van der Waals surface area contributed by atoms with Crippen LogP contribution in [0.4, 0.5) is 0 Å². The number of hydrogen-bond acceptors (Lipinski definition) is 3. The quantitative estimate of drug-likeness (QED) is 0.834. The molecule has 5 heteroatoms. The summed E-state index contributed by atoms with van der Waals surface area (Å²) in [4.78, 5) is 12.7. The van der Waals surface area contributed by atoms with Crippen molar-refractivity contribution in [3.05, 3.63) is 58.6 Å². The molecule has 0 spiro atoms. The van der Waals surface area contributed by atoms with Crippen LogP contribution in [0.15, 0.2) is 42.5 Å². The third kappa shape index (κ3) is 4.13. The third-order valence-corrected chi connectivity index (χ3v) is 4.76. The third-order valence-electron chi connectivity index (χ3n) is 4.45. The number of hydrogen-bond donors (Lipinski definition) is 1. The number of carbonyl (C=O) groups is 1. The number of nitrogens with one attached hydrogen (secondary N) is 1. The Hall–Kier alpha value is -2.20. The Morgan fingerprint density at radius 2 is 2.04 bits per heavy atom. The molecule has 1 amide bonds. The van der Waals surface area contributed by atoms with Gasteiger partial charge >= 0.3 is 0 Å². The van der Waals surface area contributed by atoms with E-state index in [9.17, 15) is 4.79 Å². The first-order valence-corrected chi connectivity index (χ1v) is 9.14. The van der Waals surface area contributed by atoms with E-state index in [4.69, 9.17) is 21.1 Å². The summed E-state index contributed by atoms with van der Waals surface area (Å²) >= 11 is 6.11. The number of halogens is 1. The van der Waals surface area contributed by atoms with Crippen molar-refractivity contribution in [1.82, 2.24) is 5.32 Å². The molecule has 0 fully saturated rings. The fraction of sp³-hybridized carbons (Fsp3) is 0.381. The Balaban J connectivity index is 1.76. The van der Waals surface area contributed by atoms with Gasteiger partial charge in [-0.3, -0.25) is 4.79 Å². The van der Waals surface area contributed by atoms with Crippen LogP contribution in [-0.4, -0.2) is 17.6 Å². The number of fused-ring (bicyclic) bond motifs is 1. The maximum atomic E-state index is 12.7. The summed E-state index contributed by atoms with van der Waals surface area (Å²) in [5, 5.41) is 3.60. The summed E-state index contributed by atoms with van der Waals surface area (Å²) < 4.78 is 11.8. The minimum absolute atomic E-state index is 0.126. The van der Waals surface area contributed by atoms with E-state index in [0.29, 0.717) is 17.2 Å². The number of ether oxygens (including phenoxy) is 2. The maximum absolute atomic E-state index is 12.7. The topological polar surface area (TPSA) is 47.6 Å². The van der Waals surface area contributed by atoms with E-state index in [0.717, 1.165) is 16.9 Å². The first-order chi connectivity index (χ1) is 12.2. The standard InChI is InChI=1S/C21H24ClNO3/c1-13-9-10-18-15(11-13)17(12-21(3,4)26-18)23-20(24)14(2)25-19-8-6-5-7-16(19)22/h5-11,14,17H,12H2,1-4H3,(H,23,24). The van der Waals surface area contributed by atoms with Crippen LogP contribution in [0.25, 0.3) is 0 Å². The van der Waals surface area contributed by atoms with Crippen LogP contribution in [0.1, 0.15) is 44.4 Å². The van der Waals surface area contributed by atoms with Gasteiger partial charge < -0.3 is 14.8 Å². The lowest BCUT2D eigenvalue weighted by Gasteiger charge is -2.38. The Morgan fingerprint density at radius 3 is 2.77 bits per heavy atom. The van der Waals surface area contributed by atoms with Crippen LogP contribution in [-0.2, 0) is 4.79 Å². The number of carbonyl (C=O) groups excluding carboxylic acids is 1. The molecule has 0 radical (unpaired) electrons. The van der Waals surface area contributed by atoms with Gasteiger partial charge in [0.15, 0.2) is 6.10 Å². The highest BCUT2D eigenvalue weighted by Crippen LogP contribution is 2.40. The van der Waals surface area contributed by atoms with Gasteiger partial charge in [0, 0.05) is 12.0 Å². The second kappa shape index (κ2) is 7.20. The molecule has 0 saturated heterocycles. The Morgan fingerprint density at radius 1 is 1.31 bits per heavy atom. The molecular formula is C21H24ClNO3. The van der Waals surface area contributed by atoms with Gasteiger partial charge in [0.25, 0.3) is 5.91 Å². The molecule has 3 rings (SSSR count). The molecule has 4 nitrogen and oxygen atoms in total. The highest BCUT2D eigenvalue weighted by atomic mass is 35.5. The lowest BCUT2D eigenvalue weighted by atomic mass is 9.89. The number of para-hydroxylation sites is 1. The second-order valence-electron chi connectivity index (χ2n) is 7.36. The molecular weight excluding hydrogens is 350 g/mol. The zero-order chi connectivity index (χ0) is 18.9. The van der Waals surface area contributed by atoms with Crippen molar-refractivity contribution in [3.63, 3.8) is 0 Å². The van der Waals surface area contributed by atoms with Crippen LogP contribution < -0.4 is 14.8 Å². The highest BCUT2D eigenvalue weighted by molar-refractivity contribution is 6.32. The maximum Gasteiger partial charge on any atom is 0.261 e. The average Bonchev–Trinajstić information content (AvgIpc) is 2.57. The van der Waals surface area contributed by atoms with Crippen LogP contribution in [0.5, 0.6) is 11.5 Å². The fourth-order valence-electron chi connectivity index (χ4n) is 3.18. The molecule has 0 bridgehead atoms. The van der Waals surface area contributed by atoms with Gasteiger partial charge in [-0.25, -0.2) is 0 Å². The van der Waals surface area contributed by atoms with Crippen LogP contribution >= 0.6 is 11.6 Å². The fourth-order valence-corrected chi connectivity index (χ4v) is 3.36. The van der Waals surface area contributed by atoms with Gasteiger partial charge in [0.2, 0.25) is 0 Å². The van der Waals surface area contributed by atoms with Crippen LogP contribution in [0.3, 0.4) is 0 Å². The Kier molecular flexibility index (Phi) is 5.15. The minimum Gasteiger partial charge on any atom is -0.487 e. The van der Waals surface area contributed by atoms with E-state index in [1.54, 1.807) is 19.1 Å². The number of aryl methyl sites for hydroxylation is 1. The van der Waals surface area contributed by atoms with Crippen molar-refractivity contribution in [1.29, 1.82) is 0 Å². The smallest absolute Gasteiger partial charge is 0.261 e. The largest absolute Gasteiger partial charge is 0.487 e. The summed E-state index contributed by atoms with van der Waals surface area (Å²) in [6, 6.07) is 13.1. The first-order valence-electron chi connectivity index (χ1n) is 8.76. The molecule has 138 valence electrons. The SMILES string of the molecule is Cc1ccc2c(c1)C(NC(=O)C(C)Oc1ccccc1Cl)CC(C)(C)O2. The molecule has 26 heavy (non-hydrogen) atoms. The molecule has 2 aromatic rings. The zero-order valence-corrected chi connectivity index (χ0v) is 16.3. The van der Waals surface area contributed by atoms with Gasteiger partial charge in [-0.1, -0.05) is 41.4 Å². The molecule has 0 saturated carbocycles. The predicted molar refractivity (Wildman–Crippen MR) is 103 cm³/mol. The van der Waals surface area contributed by atoms with E-state index in [-0.39, 0.29) is 17.6 Å². The monoisotopic (exact) mass is 373 g/mol. The Labute approximate surface area is 159 Å². The normalized spacial score (nSPS) is 19.0. The number of benzene rings is 2. The van der Waals surface area contributed by atoms with E-state index in [1.807, 2.05) is 45.0 Å². The van der Waals surface area contributed by atoms with Gasteiger partial charge in [-0.2, -0.15) is 0 Å². The summed E-state index contributed by atoms with van der Waals surface area (Å²) in [7, 11) is 0. The van der Waals surface area contributed by atoms with Gasteiger partial charge in [0.05, 0.1) is 11.1 Å². The first kappa shape index (κ1) is 18.6. The van der Waals surface area contributed by atoms with E-state index in [1.165, 1.54) is 0 Å². The lowest BCUT2D eigenvalue weighted by molar-refractivity contribution is -0.128. The van der Waals surface area contributed by atoms with E-state index in [2.05, 4.69) is 11.4 Å². The molecule has 0 aromatic heterocycles. The molecule has 1 aliphatic heterocycles. The van der Waals surface area contributed by atoms with Crippen LogP contribution in [0, 0.1) is 6.92 Å². The second-order valence-corrected chi connectivity index (χ2v) is 7.77. The lowest BCUT2D eigenvalue weighted by Crippen LogP contribution is -2.44. The Bertz CT molecular complexity index is 819. The van der Waals surface area contributed by atoms with Crippen molar-refractivity contribution in [3.8, 4) is 11.5 Å². The van der Waals surface area contributed by atoms with Crippen molar-refractivity contribution in [2.45, 2.75) is 51.9 Å². The van der Waals surface area contributed by atoms with Crippen molar-refractivity contribution >= 4 is 17.5 Å². The predicted octanol–water partition coefficient (Wildman–Crippen LogP) is 4.83. The molecule has 1 aliphatic rings. The van der Waals surface area contributed by atoms with Crippen LogP contribution in [0.2, 0.25) is 5.02 Å². The van der Waals surface area contributed by atoms with E-state index >= 15 is 0 Å². The molecule has 2 aromatic carbocycles. The van der Waals surface area contributed by atoms with Crippen molar-refractivity contribution < 1.29 is 14.3 Å². The average molecular weight is 374 g/mol. The minimum atomic E-state index is -0.658. The molecule has 2 unspecified atom stereocenters. The zero-order valence-electron chi connectivity index (χ0n) is 15.5. The van der Waals surface area contributed by atoms with Gasteiger partial charge in [-0.05, 0) is 45.9 Å². The summed E-state index contributed by atoms with van der Waals surface area (Å²) in [6.45, 7) is 7.81. The number of amides is 1. The summed E-state index contributed by atoms with van der Waals surface area (Å²) in [5.74, 6) is 1.14. The molecule has 2 atom stereocenters. The van der Waals surface area contributed by atoms with Gasteiger partial charge in [0.1, 0.15) is 17.1 Å². The van der Waals surface area contributed by atoms with Crippen molar-refractivity contribution in [2.24, 2.45) is 0 Å². The molecule has 1 N–H and O–H groups in total. The van der Waals surface area contributed by atoms with Crippen molar-refractivity contribution in [2.75, 3.05) is 0 Å². The van der Waals surface area contributed by atoms with Gasteiger partial charge in [-0.15, -0.1) is 0 Å². The molecule has 1 heterocycles. The molecule has 0 aliphatic carbocycles. The number of rotatable bonds is 4. The summed E-state index contributed by atoms with van der Waals surface area (Å²) in [5.41, 5.74) is 1.78. The summed E-state index contributed by atoms with van der Waals surface area (Å²) in [6.07, 6.45) is 0.0303. The van der Waals surface area contributed by atoms with E-state index < -0.39 is 6.10 Å². The highest BCUT2D eigenvalue weighted by Gasteiger charge is 2.35.